The lowest BCUT2D eigenvalue weighted by molar-refractivity contribution is -0.380. The molecule has 0 amide bonds. The molecule has 0 radical (unpaired) electrons. The van der Waals surface area contributed by atoms with Crippen molar-refractivity contribution in [3.8, 4) is 6.07 Å². The van der Waals surface area contributed by atoms with Crippen molar-refractivity contribution >= 4 is 33.7 Å². The smallest absolute Gasteiger partial charge is 0.291 e. The molecule has 0 saturated carbocycles. The fourth-order valence-electron chi connectivity index (χ4n) is 1.68. The molecule has 0 saturated heterocycles. The summed E-state index contributed by atoms with van der Waals surface area (Å²) in [7, 11) is 0. The van der Waals surface area contributed by atoms with Crippen LogP contribution < -0.4 is 0 Å². The van der Waals surface area contributed by atoms with Crippen LogP contribution in [0.1, 0.15) is 21.2 Å². The molecule has 1 aromatic heterocycles. The maximum Gasteiger partial charge on any atom is 0.324 e. The summed E-state index contributed by atoms with van der Waals surface area (Å²) < 4.78 is 0. The van der Waals surface area contributed by atoms with Gasteiger partial charge in [0.2, 0.25) is 0 Å². The fraction of sp³-hybridized carbons (Fsp3) is 0.0769. The number of Topliss-reactive ketones (excluding diaryl/α,β-unsaturated/α-hetero) is 1. The van der Waals surface area contributed by atoms with Crippen molar-refractivity contribution in [3.05, 3.63) is 62.0 Å². The molecule has 1 heterocycles. The maximum atomic E-state index is 12.3. The highest BCUT2D eigenvalue weighted by Crippen LogP contribution is 2.31. The average molecular weight is 307 g/mol. The third-order valence-corrected chi connectivity index (χ3v) is 4.02. The molecule has 1 atom stereocenters. The van der Waals surface area contributed by atoms with E-state index in [0.29, 0.717) is 10.6 Å². The molecule has 0 aliphatic rings. The van der Waals surface area contributed by atoms with Gasteiger partial charge in [-0.1, -0.05) is 41.1 Å². The Morgan fingerprint density at radius 3 is 2.60 bits per heavy atom. The molecule has 2 rings (SSSR count). The van der Waals surface area contributed by atoms with E-state index < -0.39 is 16.6 Å². The maximum absolute atomic E-state index is 12.3. The number of hydrogen-bond acceptors (Lipinski definition) is 5. The van der Waals surface area contributed by atoms with Crippen molar-refractivity contribution in [2.24, 2.45) is 0 Å². The summed E-state index contributed by atoms with van der Waals surface area (Å²) in [5.41, 5.74) is 0.401. The molecule has 2 aromatic rings. The summed E-state index contributed by atoms with van der Waals surface area (Å²) in [6, 6.07) is 11.1. The molecule has 0 N–H and O–H groups in total. The van der Waals surface area contributed by atoms with E-state index in [1.54, 1.807) is 24.3 Å². The largest absolute Gasteiger partial charge is 0.324 e. The van der Waals surface area contributed by atoms with Crippen LogP contribution in [0.5, 0.6) is 0 Å². The van der Waals surface area contributed by atoms with Gasteiger partial charge in [0.15, 0.2) is 5.78 Å². The van der Waals surface area contributed by atoms with Crippen LogP contribution in [0.15, 0.2) is 36.4 Å². The van der Waals surface area contributed by atoms with Crippen LogP contribution in [0.25, 0.3) is 0 Å². The Balaban J connectivity index is 2.37. The zero-order chi connectivity index (χ0) is 14.7. The van der Waals surface area contributed by atoms with Crippen molar-refractivity contribution in [2.45, 2.75) is 5.92 Å². The number of benzene rings is 1. The van der Waals surface area contributed by atoms with E-state index in [2.05, 4.69) is 0 Å². The van der Waals surface area contributed by atoms with E-state index in [4.69, 9.17) is 11.6 Å². The van der Waals surface area contributed by atoms with Gasteiger partial charge in [-0.3, -0.25) is 14.9 Å². The molecule has 1 aromatic carbocycles. The van der Waals surface area contributed by atoms with Gasteiger partial charge in [0, 0.05) is 11.1 Å². The minimum atomic E-state index is -1.07. The van der Waals surface area contributed by atoms with Gasteiger partial charge in [-0.2, -0.15) is 5.26 Å². The zero-order valence-corrected chi connectivity index (χ0v) is 11.5. The third-order valence-electron chi connectivity index (χ3n) is 2.62. The number of hydrogen-bond donors (Lipinski definition) is 0. The highest BCUT2D eigenvalue weighted by Gasteiger charge is 2.26. The summed E-state index contributed by atoms with van der Waals surface area (Å²) in [5.74, 6) is -1.55. The minimum absolute atomic E-state index is 0.135. The first-order valence-corrected chi connectivity index (χ1v) is 6.66. The average Bonchev–Trinajstić information content (AvgIpc) is 2.91. The molecule has 0 aliphatic heterocycles. The lowest BCUT2D eigenvalue weighted by Crippen LogP contribution is -2.10. The van der Waals surface area contributed by atoms with Gasteiger partial charge in [0.05, 0.1) is 15.9 Å². The normalized spacial score (nSPS) is 11.6. The summed E-state index contributed by atoms with van der Waals surface area (Å²) >= 11 is 6.73. The first kappa shape index (κ1) is 14.2. The van der Waals surface area contributed by atoms with Crippen molar-refractivity contribution in [1.29, 1.82) is 5.26 Å². The first-order valence-electron chi connectivity index (χ1n) is 5.47. The van der Waals surface area contributed by atoms with Gasteiger partial charge in [0.25, 0.3) is 0 Å². The molecule has 5 nitrogen and oxygen atoms in total. The molecule has 0 aliphatic carbocycles. The second kappa shape index (κ2) is 5.82. The lowest BCUT2D eigenvalue weighted by atomic mass is 9.95. The summed E-state index contributed by atoms with van der Waals surface area (Å²) in [6.07, 6.45) is 0. The Morgan fingerprint density at radius 1 is 1.35 bits per heavy atom. The number of carbonyl (C=O) groups is 1. The monoisotopic (exact) mass is 306 g/mol. The van der Waals surface area contributed by atoms with Crippen LogP contribution in [-0.2, 0) is 0 Å². The molecule has 100 valence electrons. The highest BCUT2D eigenvalue weighted by atomic mass is 35.5. The van der Waals surface area contributed by atoms with Crippen LogP contribution in [0, 0.1) is 21.4 Å². The number of carbonyl (C=O) groups excluding carboxylic acids is 1. The SMILES string of the molecule is N#CC(C(=O)c1ccc([N+](=O)[O-])s1)c1ccccc1Cl. The quantitative estimate of drug-likeness (QED) is 0.488. The van der Waals surface area contributed by atoms with Gasteiger partial charge in [-0.25, -0.2) is 0 Å². The number of nitriles is 1. The Morgan fingerprint density at radius 2 is 2.05 bits per heavy atom. The van der Waals surface area contributed by atoms with E-state index in [1.165, 1.54) is 12.1 Å². The summed E-state index contributed by atoms with van der Waals surface area (Å²) in [4.78, 5) is 22.5. The van der Waals surface area contributed by atoms with Crippen molar-refractivity contribution in [2.75, 3.05) is 0 Å². The lowest BCUT2D eigenvalue weighted by Gasteiger charge is -2.08. The van der Waals surface area contributed by atoms with Gasteiger partial charge < -0.3 is 0 Å². The predicted octanol–water partition coefficient (Wildman–Crippen LogP) is 3.80. The Hall–Kier alpha value is -2.23. The Bertz CT molecular complexity index is 720. The number of rotatable bonds is 4. The van der Waals surface area contributed by atoms with E-state index in [1.807, 2.05) is 6.07 Å². The van der Waals surface area contributed by atoms with Crippen LogP contribution in [0.3, 0.4) is 0 Å². The summed E-state index contributed by atoms with van der Waals surface area (Å²) in [6.45, 7) is 0. The molecular formula is C13H7ClN2O3S. The number of nitro groups is 1. The summed E-state index contributed by atoms with van der Waals surface area (Å²) in [5, 5.41) is 20.0. The van der Waals surface area contributed by atoms with Crippen LogP contribution in [-0.4, -0.2) is 10.7 Å². The molecule has 0 fully saturated rings. The van der Waals surface area contributed by atoms with Crippen LogP contribution >= 0.6 is 22.9 Å². The Labute approximate surface area is 123 Å². The number of thiophene rings is 1. The standard InChI is InChI=1S/C13H7ClN2O3S/c14-10-4-2-1-3-8(10)9(7-15)13(17)11-5-6-12(20-11)16(18)19/h1-6,9H. The van der Waals surface area contributed by atoms with Gasteiger partial charge >= 0.3 is 5.00 Å². The third kappa shape index (κ3) is 2.69. The molecule has 7 heteroatoms. The molecule has 0 spiro atoms. The highest BCUT2D eigenvalue weighted by molar-refractivity contribution is 7.17. The van der Waals surface area contributed by atoms with Crippen molar-refractivity contribution < 1.29 is 9.72 Å². The minimum Gasteiger partial charge on any atom is -0.291 e. The first-order chi connectivity index (χ1) is 9.54. The Kier molecular flexibility index (Phi) is 4.13. The van der Waals surface area contributed by atoms with Crippen molar-refractivity contribution in [1.82, 2.24) is 0 Å². The van der Waals surface area contributed by atoms with E-state index in [0.717, 1.165) is 11.3 Å². The molecular weight excluding hydrogens is 300 g/mol. The number of nitrogens with zero attached hydrogens (tertiary/aromatic N) is 2. The van der Waals surface area contributed by atoms with Gasteiger partial charge in [0.1, 0.15) is 5.92 Å². The van der Waals surface area contributed by atoms with Gasteiger partial charge in [-0.05, 0) is 17.7 Å². The molecule has 20 heavy (non-hydrogen) atoms. The van der Waals surface area contributed by atoms with Crippen LogP contribution in [0.4, 0.5) is 5.00 Å². The van der Waals surface area contributed by atoms with Gasteiger partial charge in [-0.15, -0.1) is 0 Å². The zero-order valence-electron chi connectivity index (χ0n) is 9.95. The second-order valence-corrected chi connectivity index (χ2v) is 5.31. The van der Waals surface area contributed by atoms with E-state index >= 15 is 0 Å². The van der Waals surface area contributed by atoms with E-state index in [-0.39, 0.29) is 9.88 Å². The number of halogens is 1. The van der Waals surface area contributed by atoms with E-state index in [9.17, 15) is 20.2 Å². The van der Waals surface area contributed by atoms with Crippen molar-refractivity contribution in [3.63, 3.8) is 0 Å². The molecule has 0 bridgehead atoms. The molecule has 1 unspecified atom stereocenters. The van der Waals surface area contributed by atoms with Crippen LogP contribution in [0.2, 0.25) is 5.02 Å². The topological polar surface area (TPSA) is 84.0 Å². The fourth-order valence-corrected chi connectivity index (χ4v) is 2.71. The predicted molar refractivity (Wildman–Crippen MR) is 75.1 cm³/mol. The second-order valence-electron chi connectivity index (χ2n) is 3.84. The number of ketones is 1.